The van der Waals surface area contributed by atoms with Gasteiger partial charge in [0, 0.05) is 16.8 Å². The molecule has 13 heteroatoms. The summed E-state index contributed by atoms with van der Waals surface area (Å²) in [6.07, 6.45) is -8.46. The second kappa shape index (κ2) is 11.8. The molecule has 0 fully saturated rings. The average Bonchev–Trinajstić information content (AvgIpc) is 3.21. The maximum absolute atomic E-state index is 13.1. The first-order valence-corrected chi connectivity index (χ1v) is 13.7. The Bertz CT molecular complexity index is 1090. The minimum Gasteiger partial charge on any atom is -0.325 e. The molecule has 0 bridgehead atoms. The van der Waals surface area contributed by atoms with Crippen LogP contribution in [0.4, 0.5) is 26.3 Å². The molecule has 1 atom stereocenters. The minimum absolute atomic E-state index is 0.105. The zero-order chi connectivity index (χ0) is 27.4. The highest BCUT2D eigenvalue weighted by molar-refractivity contribution is 7.51. The Morgan fingerprint density at radius 3 is 2.17 bits per heavy atom. The fourth-order valence-corrected chi connectivity index (χ4v) is 5.34. The van der Waals surface area contributed by atoms with Crippen LogP contribution in [-0.4, -0.2) is 27.3 Å². The second-order valence-electron chi connectivity index (χ2n) is 9.06. The first-order chi connectivity index (χ1) is 16.4. The molecule has 0 aliphatic carbocycles. The lowest BCUT2D eigenvalue weighted by Gasteiger charge is -2.24. The van der Waals surface area contributed by atoms with Crippen molar-refractivity contribution < 1.29 is 45.5 Å². The summed E-state index contributed by atoms with van der Waals surface area (Å²) in [7, 11) is -4.14. The molecular weight excluding hydrogens is 531 g/mol. The summed E-state index contributed by atoms with van der Waals surface area (Å²) in [5.74, 6) is -0.147. The summed E-state index contributed by atoms with van der Waals surface area (Å²) < 4.78 is 88.9. The molecule has 0 amide bonds. The lowest BCUT2D eigenvalue weighted by Crippen LogP contribution is -2.37. The summed E-state index contributed by atoms with van der Waals surface area (Å²) in [6.45, 7) is 1.71. The van der Waals surface area contributed by atoms with E-state index in [-0.39, 0.29) is 36.8 Å². The van der Waals surface area contributed by atoms with Crippen molar-refractivity contribution in [2.45, 2.75) is 69.8 Å². The first kappa shape index (κ1) is 30.5. The van der Waals surface area contributed by atoms with E-state index in [9.17, 15) is 35.7 Å². The molecule has 0 saturated heterocycles. The van der Waals surface area contributed by atoms with Crippen LogP contribution in [0.3, 0.4) is 0 Å². The summed E-state index contributed by atoms with van der Waals surface area (Å²) in [6, 6.07) is 5.42. The predicted octanol–water partition coefficient (Wildman–Crippen LogP) is 6.60. The number of aryl methyl sites for hydroxylation is 2. The van der Waals surface area contributed by atoms with E-state index >= 15 is 0 Å². The number of rotatable bonds is 12. The molecule has 36 heavy (non-hydrogen) atoms. The van der Waals surface area contributed by atoms with E-state index in [1.54, 1.807) is 19.1 Å². The van der Waals surface area contributed by atoms with Gasteiger partial charge in [-0.05, 0) is 75.3 Å². The number of thiophene rings is 1. The third kappa shape index (κ3) is 9.97. The zero-order valence-corrected chi connectivity index (χ0v) is 21.2. The Balaban J connectivity index is 1.86. The number of carbonyl (C=O) groups is 1. The van der Waals surface area contributed by atoms with Gasteiger partial charge >= 0.3 is 19.9 Å². The number of hydrogen-bond donors (Lipinski definition) is 3. The lowest BCUT2D eigenvalue weighted by molar-refractivity contribution is -0.162. The molecule has 0 aliphatic heterocycles. The highest BCUT2D eigenvalue weighted by Crippen LogP contribution is 2.41. The fourth-order valence-electron chi connectivity index (χ4n) is 3.56. The number of benzene rings is 1. The summed E-state index contributed by atoms with van der Waals surface area (Å²) >= 11 is 1.28. The molecule has 2 aromatic rings. The highest BCUT2D eigenvalue weighted by Gasteiger charge is 2.43. The molecular formula is C23H28F6NO4PS. The monoisotopic (exact) mass is 559 g/mol. The fraction of sp³-hybridized carbons (Fsp3) is 0.522. The Labute approximate surface area is 208 Å². The molecule has 0 spiro atoms. The molecule has 0 radical (unpaired) electrons. The van der Waals surface area contributed by atoms with Crippen LogP contribution in [-0.2, 0) is 29.8 Å². The van der Waals surface area contributed by atoms with Crippen LogP contribution in [0.25, 0.3) is 0 Å². The predicted molar refractivity (Wildman–Crippen MR) is 125 cm³/mol. The quantitative estimate of drug-likeness (QED) is 0.118. The van der Waals surface area contributed by atoms with Crippen LogP contribution < -0.4 is 5.73 Å². The van der Waals surface area contributed by atoms with E-state index in [1.165, 1.54) is 11.3 Å². The number of nitrogens with two attached hydrogens (primary N) is 1. The molecule has 4 N–H and O–H groups in total. The topological polar surface area (TPSA) is 101 Å². The largest absolute Gasteiger partial charge is 0.417 e. The Morgan fingerprint density at radius 1 is 0.944 bits per heavy atom. The van der Waals surface area contributed by atoms with E-state index in [0.29, 0.717) is 42.7 Å². The van der Waals surface area contributed by atoms with E-state index in [0.717, 1.165) is 10.9 Å². The van der Waals surface area contributed by atoms with Crippen molar-refractivity contribution in [2.24, 2.45) is 5.73 Å². The van der Waals surface area contributed by atoms with Crippen molar-refractivity contribution in [3.63, 3.8) is 0 Å². The number of carbonyl (C=O) groups excluding carboxylic acids is 1. The van der Waals surface area contributed by atoms with Gasteiger partial charge in [0.2, 0.25) is 0 Å². The molecule has 0 saturated carbocycles. The van der Waals surface area contributed by atoms with E-state index in [1.807, 2.05) is 0 Å². The Kier molecular flexibility index (Phi) is 9.97. The number of hydrogen-bond acceptors (Lipinski definition) is 4. The van der Waals surface area contributed by atoms with Gasteiger partial charge in [0.1, 0.15) is 0 Å². The van der Waals surface area contributed by atoms with Crippen molar-refractivity contribution in [3.8, 4) is 0 Å². The van der Waals surface area contributed by atoms with Crippen LogP contribution in [0.1, 0.15) is 70.3 Å². The van der Waals surface area contributed by atoms with Gasteiger partial charge in [-0.25, -0.2) is 0 Å². The van der Waals surface area contributed by atoms with Crippen molar-refractivity contribution in [1.29, 1.82) is 0 Å². The third-order valence-electron chi connectivity index (χ3n) is 5.67. The SMILES string of the molecule is CC(N)(CCc1ccc(C(=O)CCCCc2ccc(C(F)(F)F)c(C(F)(F)F)c2)s1)CCP(=O)(O)O. The molecule has 1 heterocycles. The van der Waals surface area contributed by atoms with Gasteiger partial charge in [0.15, 0.2) is 5.78 Å². The number of alkyl halides is 6. The maximum Gasteiger partial charge on any atom is 0.417 e. The molecule has 5 nitrogen and oxygen atoms in total. The van der Waals surface area contributed by atoms with Crippen LogP contribution in [0.15, 0.2) is 30.3 Å². The standard InChI is InChI=1S/C23H28F6NO4PS/c1-21(30,12-13-35(32,33)34)11-10-16-7-9-20(36-16)19(31)5-3-2-4-15-6-8-17(22(24,25)26)18(14-15)23(27,28)29/h6-9,14H,2-5,10-13,30H2,1H3,(H2,32,33,34). The van der Waals surface area contributed by atoms with Gasteiger partial charge in [-0.3, -0.25) is 9.36 Å². The van der Waals surface area contributed by atoms with E-state index < -0.39 is 36.6 Å². The van der Waals surface area contributed by atoms with E-state index in [2.05, 4.69) is 0 Å². The molecule has 202 valence electrons. The van der Waals surface area contributed by atoms with Crippen molar-refractivity contribution >= 4 is 24.7 Å². The summed E-state index contributed by atoms with van der Waals surface area (Å²) in [4.78, 5) is 31.8. The molecule has 1 unspecified atom stereocenters. The van der Waals surface area contributed by atoms with Crippen LogP contribution in [0.5, 0.6) is 0 Å². The number of Topliss-reactive ketones (excluding diaryl/α,β-unsaturated/α-hetero) is 1. The number of ketones is 1. The van der Waals surface area contributed by atoms with Gasteiger partial charge < -0.3 is 15.5 Å². The molecule has 1 aromatic carbocycles. The normalized spacial score (nSPS) is 14.6. The lowest BCUT2D eigenvalue weighted by atomic mass is 9.94. The smallest absolute Gasteiger partial charge is 0.325 e. The molecule has 2 rings (SSSR count). The van der Waals surface area contributed by atoms with Crippen molar-refractivity contribution in [3.05, 3.63) is 56.8 Å². The molecule has 1 aromatic heterocycles. The van der Waals surface area contributed by atoms with Crippen LogP contribution in [0, 0.1) is 0 Å². The summed E-state index contributed by atoms with van der Waals surface area (Å²) in [5.41, 5.74) is 2.00. The van der Waals surface area contributed by atoms with Gasteiger partial charge in [-0.2, -0.15) is 26.3 Å². The average molecular weight is 560 g/mol. The highest BCUT2D eigenvalue weighted by atomic mass is 32.1. The van der Waals surface area contributed by atoms with Crippen LogP contribution in [0.2, 0.25) is 0 Å². The van der Waals surface area contributed by atoms with Gasteiger partial charge in [-0.1, -0.05) is 6.07 Å². The van der Waals surface area contributed by atoms with Gasteiger partial charge in [-0.15, -0.1) is 11.3 Å². The van der Waals surface area contributed by atoms with Gasteiger partial charge in [0.05, 0.1) is 22.2 Å². The van der Waals surface area contributed by atoms with Gasteiger partial charge in [0.25, 0.3) is 0 Å². The van der Waals surface area contributed by atoms with E-state index in [4.69, 9.17) is 15.5 Å². The minimum atomic E-state index is -5.13. The third-order valence-corrected chi connectivity index (χ3v) is 7.66. The Hall–Kier alpha value is -1.72. The zero-order valence-electron chi connectivity index (χ0n) is 19.5. The van der Waals surface area contributed by atoms with Crippen molar-refractivity contribution in [1.82, 2.24) is 0 Å². The summed E-state index contributed by atoms with van der Waals surface area (Å²) in [5, 5.41) is 0. The Morgan fingerprint density at radius 2 is 1.58 bits per heavy atom. The number of unbranched alkanes of at least 4 members (excludes halogenated alkanes) is 1. The molecule has 0 aliphatic rings. The number of halogens is 6. The van der Waals surface area contributed by atoms with Crippen LogP contribution >= 0.6 is 18.9 Å². The second-order valence-corrected chi connectivity index (χ2v) is 12.0. The first-order valence-electron chi connectivity index (χ1n) is 11.1. The maximum atomic E-state index is 13.1. The van der Waals surface area contributed by atoms with Crippen molar-refractivity contribution in [2.75, 3.05) is 6.16 Å².